The maximum atomic E-state index is 12.4. The van der Waals surface area contributed by atoms with Gasteiger partial charge in [-0.2, -0.15) is 5.10 Å². The van der Waals surface area contributed by atoms with Gasteiger partial charge in [0.05, 0.1) is 23.0 Å². The van der Waals surface area contributed by atoms with Gasteiger partial charge in [-0.05, 0) is 45.9 Å². The van der Waals surface area contributed by atoms with Gasteiger partial charge < -0.3 is 0 Å². The predicted octanol–water partition coefficient (Wildman–Crippen LogP) is 4.93. The lowest BCUT2D eigenvalue weighted by atomic mass is 9.84. The fourth-order valence-corrected chi connectivity index (χ4v) is 3.85. The second-order valence-electron chi connectivity index (χ2n) is 8.35. The molecule has 2 N–H and O–H groups in total. The van der Waals surface area contributed by atoms with Crippen LogP contribution >= 0.6 is 11.6 Å². The van der Waals surface area contributed by atoms with E-state index in [4.69, 9.17) is 11.6 Å². The molecule has 3 aromatic rings. The van der Waals surface area contributed by atoms with Gasteiger partial charge in [0.15, 0.2) is 0 Å². The summed E-state index contributed by atoms with van der Waals surface area (Å²) in [5, 5.41) is 6.47. The van der Waals surface area contributed by atoms with Gasteiger partial charge in [-0.3, -0.25) is 9.52 Å². The van der Waals surface area contributed by atoms with Crippen molar-refractivity contribution in [1.82, 2.24) is 10.2 Å². The van der Waals surface area contributed by atoms with Crippen LogP contribution in [0.25, 0.3) is 23.3 Å². The minimum atomic E-state index is -3.31. The van der Waals surface area contributed by atoms with Gasteiger partial charge in [-0.25, -0.2) is 13.5 Å². The number of aromatic amines is 1. The van der Waals surface area contributed by atoms with Crippen molar-refractivity contribution < 1.29 is 8.42 Å². The number of rotatable bonds is 5. The summed E-state index contributed by atoms with van der Waals surface area (Å²) in [5.74, 6) is 0. The fourth-order valence-electron chi connectivity index (χ4n) is 3.04. The summed E-state index contributed by atoms with van der Waals surface area (Å²) in [6.07, 6.45) is 6.40. The van der Waals surface area contributed by atoms with E-state index in [0.717, 1.165) is 22.9 Å². The number of hydrogen-bond acceptors (Lipinski definition) is 4. The Bertz CT molecular complexity index is 1290. The summed E-state index contributed by atoms with van der Waals surface area (Å²) in [4.78, 5) is 12.4. The van der Waals surface area contributed by atoms with E-state index in [-0.39, 0.29) is 11.0 Å². The number of aromatic nitrogens is 2. The quantitative estimate of drug-likeness (QED) is 0.531. The highest BCUT2D eigenvalue weighted by Crippen LogP contribution is 2.31. The Balaban J connectivity index is 2.00. The normalized spacial score (nSPS) is 12.3. The number of hydrogen-bond donors (Lipinski definition) is 2. The number of benzene rings is 2. The number of nitrogens with zero attached hydrogens (tertiary/aromatic N) is 1. The van der Waals surface area contributed by atoms with E-state index in [0.29, 0.717) is 21.8 Å². The van der Waals surface area contributed by atoms with E-state index in [1.165, 1.54) is 6.20 Å². The summed E-state index contributed by atoms with van der Waals surface area (Å²) in [7, 11) is -3.31. The van der Waals surface area contributed by atoms with Crippen molar-refractivity contribution in [2.75, 3.05) is 11.0 Å². The van der Waals surface area contributed by atoms with Crippen molar-refractivity contribution >= 4 is 39.5 Å². The molecule has 0 radical (unpaired) electrons. The van der Waals surface area contributed by atoms with Gasteiger partial charge in [0, 0.05) is 5.69 Å². The molecule has 0 saturated heterocycles. The average molecular weight is 458 g/mol. The first-order valence-corrected chi connectivity index (χ1v) is 11.8. The topological polar surface area (TPSA) is 91.9 Å². The molecule has 0 bridgehead atoms. The van der Waals surface area contributed by atoms with Crippen LogP contribution in [0.15, 0.2) is 53.5 Å². The van der Waals surface area contributed by atoms with Crippen LogP contribution in [0.4, 0.5) is 5.69 Å². The fraction of sp³-hybridized carbons (Fsp3) is 0.217. The zero-order chi connectivity index (χ0) is 22.8. The first kappa shape index (κ1) is 22.8. The molecule has 0 aliphatic heterocycles. The Labute approximate surface area is 187 Å². The molecule has 0 atom stereocenters. The molecule has 6 nitrogen and oxygen atoms in total. The first-order chi connectivity index (χ1) is 14.4. The Morgan fingerprint density at radius 2 is 1.68 bits per heavy atom. The maximum Gasteiger partial charge on any atom is 0.273 e. The number of nitrogens with one attached hydrogen (secondary N) is 2. The first-order valence-electron chi connectivity index (χ1n) is 9.57. The Morgan fingerprint density at radius 3 is 2.26 bits per heavy atom. The van der Waals surface area contributed by atoms with E-state index in [1.807, 2.05) is 36.4 Å². The summed E-state index contributed by atoms with van der Waals surface area (Å²) >= 11 is 6.27. The molecule has 0 spiro atoms. The third-order valence-electron chi connectivity index (χ3n) is 4.60. The van der Waals surface area contributed by atoms with E-state index in [1.54, 1.807) is 12.1 Å². The summed E-state index contributed by atoms with van der Waals surface area (Å²) < 4.78 is 25.1. The molecule has 0 unspecified atom stereocenters. The van der Waals surface area contributed by atoms with Gasteiger partial charge in [-0.1, -0.05) is 68.8 Å². The SMILES string of the molecule is CC(C)(C)c1cc(/C=C/c2ccc(NS(C)(=O)=O)cc2)cc(-c2c(Cl)cn[nH]c2=O)c1. The van der Waals surface area contributed by atoms with Gasteiger partial charge in [0.25, 0.3) is 5.56 Å². The highest BCUT2D eigenvalue weighted by Gasteiger charge is 2.17. The van der Waals surface area contributed by atoms with Crippen molar-refractivity contribution in [3.8, 4) is 11.1 Å². The monoisotopic (exact) mass is 457 g/mol. The van der Waals surface area contributed by atoms with Crippen LogP contribution in [-0.4, -0.2) is 24.9 Å². The minimum Gasteiger partial charge on any atom is -0.284 e. The second kappa shape index (κ2) is 8.69. The zero-order valence-electron chi connectivity index (χ0n) is 17.7. The third-order valence-corrected chi connectivity index (χ3v) is 5.50. The molecule has 1 heterocycles. The molecule has 3 rings (SSSR count). The smallest absolute Gasteiger partial charge is 0.273 e. The largest absolute Gasteiger partial charge is 0.284 e. The highest BCUT2D eigenvalue weighted by atomic mass is 35.5. The molecular weight excluding hydrogens is 434 g/mol. The van der Waals surface area contributed by atoms with Crippen LogP contribution in [0.3, 0.4) is 0 Å². The summed E-state index contributed by atoms with van der Waals surface area (Å²) in [5.41, 5.74) is 4.00. The van der Waals surface area contributed by atoms with Gasteiger partial charge in [0.1, 0.15) is 0 Å². The van der Waals surface area contributed by atoms with Crippen molar-refractivity contribution in [3.05, 3.63) is 80.7 Å². The molecule has 0 saturated carbocycles. The third kappa shape index (κ3) is 6.06. The maximum absolute atomic E-state index is 12.4. The Kier molecular flexibility index (Phi) is 6.38. The van der Waals surface area contributed by atoms with Gasteiger partial charge >= 0.3 is 0 Å². The van der Waals surface area contributed by atoms with Crippen LogP contribution in [0.1, 0.15) is 37.5 Å². The lowest BCUT2D eigenvalue weighted by molar-refractivity contribution is 0.590. The average Bonchev–Trinajstić information content (AvgIpc) is 2.65. The zero-order valence-corrected chi connectivity index (χ0v) is 19.3. The van der Waals surface area contributed by atoms with Crippen molar-refractivity contribution in [1.29, 1.82) is 0 Å². The minimum absolute atomic E-state index is 0.135. The number of H-pyrrole nitrogens is 1. The van der Waals surface area contributed by atoms with E-state index < -0.39 is 10.0 Å². The molecular formula is C23H24ClN3O3S. The van der Waals surface area contributed by atoms with Crippen LogP contribution in [-0.2, 0) is 15.4 Å². The van der Waals surface area contributed by atoms with Gasteiger partial charge in [-0.15, -0.1) is 0 Å². The lowest BCUT2D eigenvalue weighted by Crippen LogP contribution is -2.14. The van der Waals surface area contributed by atoms with Crippen molar-refractivity contribution in [3.63, 3.8) is 0 Å². The molecule has 1 aromatic heterocycles. The molecule has 0 aliphatic rings. The summed E-state index contributed by atoms with van der Waals surface area (Å²) in [6, 6.07) is 13.0. The predicted molar refractivity (Wildman–Crippen MR) is 128 cm³/mol. The molecule has 162 valence electrons. The van der Waals surface area contributed by atoms with Crippen LogP contribution in [0.5, 0.6) is 0 Å². The molecule has 0 aliphatic carbocycles. The van der Waals surface area contributed by atoms with E-state index in [9.17, 15) is 13.2 Å². The molecule has 0 fully saturated rings. The van der Waals surface area contributed by atoms with Crippen LogP contribution in [0.2, 0.25) is 5.02 Å². The van der Waals surface area contributed by atoms with Crippen LogP contribution < -0.4 is 10.3 Å². The molecule has 8 heteroatoms. The highest BCUT2D eigenvalue weighted by molar-refractivity contribution is 7.92. The van der Waals surface area contributed by atoms with Gasteiger partial charge in [0.2, 0.25) is 10.0 Å². The number of sulfonamides is 1. The van der Waals surface area contributed by atoms with Crippen molar-refractivity contribution in [2.45, 2.75) is 26.2 Å². The summed E-state index contributed by atoms with van der Waals surface area (Å²) in [6.45, 7) is 6.31. The Hall–Kier alpha value is -2.90. The molecule has 0 amide bonds. The molecule has 31 heavy (non-hydrogen) atoms. The number of halogens is 1. The second-order valence-corrected chi connectivity index (χ2v) is 10.5. The van der Waals surface area contributed by atoms with Crippen molar-refractivity contribution in [2.24, 2.45) is 0 Å². The Morgan fingerprint density at radius 1 is 1.03 bits per heavy atom. The van der Waals surface area contributed by atoms with Crippen LogP contribution in [0, 0.1) is 0 Å². The van der Waals surface area contributed by atoms with E-state index >= 15 is 0 Å². The number of anilines is 1. The standard InChI is InChI=1S/C23H24ClN3O3S/c1-23(2,3)18-12-16(11-17(13-18)21-20(24)14-25-26-22(21)28)6-5-15-7-9-19(10-8-15)27-31(4,29)30/h5-14,27H,1-4H3,(H,26,28)/b6-5+. The lowest BCUT2D eigenvalue weighted by Gasteiger charge is -2.21. The van der Waals surface area contributed by atoms with E-state index in [2.05, 4.69) is 41.8 Å². The molecule has 2 aromatic carbocycles.